The largest absolute Gasteiger partial charge is 0.393 e. The highest BCUT2D eigenvalue weighted by molar-refractivity contribution is 6.30. The van der Waals surface area contributed by atoms with Crippen LogP contribution in [0.25, 0.3) is 0 Å². The van der Waals surface area contributed by atoms with Gasteiger partial charge >= 0.3 is 0 Å². The molecule has 1 heterocycles. The average molecular weight is 258 g/mol. The molecule has 1 unspecified atom stereocenters. The Morgan fingerprint density at radius 1 is 1.41 bits per heavy atom. The van der Waals surface area contributed by atoms with E-state index in [1.54, 1.807) is 0 Å². The van der Waals surface area contributed by atoms with Gasteiger partial charge in [0, 0.05) is 12.1 Å². The molecule has 1 rings (SSSR count). The molecule has 0 radical (unpaired) electrons. The van der Waals surface area contributed by atoms with Gasteiger partial charge in [-0.2, -0.15) is 0 Å². The van der Waals surface area contributed by atoms with Crippen LogP contribution >= 0.6 is 11.6 Å². The minimum absolute atomic E-state index is 0.262. The molecular formula is C12H20ClN3O. The minimum Gasteiger partial charge on any atom is -0.393 e. The summed E-state index contributed by atoms with van der Waals surface area (Å²) < 4.78 is 0. The van der Waals surface area contributed by atoms with Crippen LogP contribution in [0, 0.1) is 0 Å². The summed E-state index contributed by atoms with van der Waals surface area (Å²) in [5.41, 5.74) is 0.931. The zero-order valence-electron chi connectivity index (χ0n) is 10.6. The van der Waals surface area contributed by atoms with Gasteiger partial charge in [0.05, 0.1) is 6.10 Å². The molecular weight excluding hydrogens is 238 g/mol. The summed E-state index contributed by atoms with van der Waals surface area (Å²) in [6.07, 6.45) is 2.66. The molecule has 0 aliphatic heterocycles. The molecule has 5 heteroatoms. The van der Waals surface area contributed by atoms with Crippen LogP contribution in [-0.2, 0) is 0 Å². The normalized spacial score (nSPS) is 12.8. The van der Waals surface area contributed by atoms with Gasteiger partial charge in [-0.05, 0) is 18.8 Å². The Hall–Kier alpha value is -0.870. The molecule has 0 saturated heterocycles. The Kier molecular flexibility index (Phi) is 5.65. The highest BCUT2D eigenvalue weighted by Crippen LogP contribution is 2.27. The molecule has 1 aromatic heterocycles. The number of aromatic nitrogens is 2. The topological polar surface area (TPSA) is 58.0 Å². The average Bonchev–Trinajstić information content (AvgIpc) is 2.28. The van der Waals surface area contributed by atoms with Crippen LogP contribution in [0.3, 0.4) is 0 Å². The van der Waals surface area contributed by atoms with Crippen LogP contribution in [-0.4, -0.2) is 27.7 Å². The number of hydrogen-bond acceptors (Lipinski definition) is 4. The van der Waals surface area contributed by atoms with Crippen molar-refractivity contribution >= 4 is 17.4 Å². The van der Waals surface area contributed by atoms with Crippen LogP contribution in [0.15, 0.2) is 6.33 Å². The highest BCUT2D eigenvalue weighted by Gasteiger charge is 2.13. The van der Waals surface area contributed by atoms with Crippen molar-refractivity contribution in [2.45, 2.75) is 45.6 Å². The summed E-state index contributed by atoms with van der Waals surface area (Å²) in [4.78, 5) is 8.18. The predicted octanol–water partition coefficient (Wildman–Crippen LogP) is 2.83. The maximum Gasteiger partial charge on any atom is 0.138 e. The molecule has 17 heavy (non-hydrogen) atoms. The van der Waals surface area contributed by atoms with E-state index in [4.69, 9.17) is 11.6 Å². The van der Waals surface area contributed by atoms with Crippen LogP contribution < -0.4 is 5.32 Å². The lowest BCUT2D eigenvalue weighted by Gasteiger charge is -2.15. The number of aliphatic hydroxyl groups is 1. The second-order valence-corrected chi connectivity index (χ2v) is 4.72. The predicted molar refractivity (Wildman–Crippen MR) is 70.5 cm³/mol. The van der Waals surface area contributed by atoms with Crippen molar-refractivity contribution in [1.29, 1.82) is 0 Å². The van der Waals surface area contributed by atoms with E-state index in [0.29, 0.717) is 18.1 Å². The van der Waals surface area contributed by atoms with Crippen LogP contribution in [0.1, 0.15) is 45.1 Å². The second kappa shape index (κ2) is 6.77. The molecule has 0 saturated carbocycles. The van der Waals surface area contributed by atoms with Gasteiger partial charge in [0.1, 0.15) is 17.3 Å². The Labute approximate surface area is 107 Å². The van der Waals surface area contributed by atoms with E-state index in [1.165, 1.54) is 6.33 Å². The summed E-state index contributed by atoms with van der Waals surface area (Å²) in [6, 6.07) is 0. The van der Waals surface area contributed by atoms with Crippen molar-refractivity contribution in [3.8, 4) is 0 Å². The molecule has 0 spiro atoms. The Balaban J connectivity index is 2.67. The van der Waals surface area contributed by atoms with Gasteiger partial charge < -0.3 is 10.4 Å². The third-order valence-corrected chi connectivity index (χ3v) is 2.96. The first kappa shape index (κ1) is 14.2. The summed E-state index contributed by atoms with van der Waals surface area (Å²) in [5, 5.41) is 13.2. The fraction of sp³-hybridized carbons (Fsp3) is 0.667. The molecule has 4 nitrogen and oxygen atoms in total. The second-order valence-electron chi connectivity index (χ2n) is 4.36. The number of nitrogens with zero attached hydrogens (tertiary/aromatic N) is 2. The van der Waals surface area contributed by atoms with Gasteiger partial charge in [-0.3, -0.25) is 0 Å². The van der Waals surface area contributed by atoms with Gasteiger partial charge in [0.25, 0.3) is 0 Å². The van der Waals surface area contributed by atoms with E-state index in [2.05, 4.69) is 29.1 Å². The molecule has 96 valence electrons. The fourth-order valence-electron chi connectivity index (χ4n) is 1.59. The lowest BCUT2D eigenvalue weighted by atomic mass is 10.1. The lowest BCUT2D eigenvalue weighted by molar-refractivity contribution is 0.164. The number of rotatable bonds is 6. The molecule has 0 bridgehead atoms. The fourth-order valence-corrected chi connectivity index (χ4v) is 1.94. The molecule has 0 aliphatic rings. The van der Waals surface area contributed by atoms with Crippen molar-refractivity contribution in [3.63, 3.8) is 0 Å². The summed E-state index contributed by atoms with van der Waals surface area (Å²) in [5.74, 6) is 1.03. The van der Waals surface area contributed by atoms with E-state index < -0.39 is 0 Å². The van der Waals surface area contributed by atoms with Gasteiger partial charge in [0.15, 0.2) is 0 Å². The van der Waals surface area contributed by atoms with Crippen molar-refractivity contribution < 1.29 is 5.11 Å². The zero-order chi connectivity index (χ0) is 12.8. The van der Waals surface area contributed by atoms with E-state index in [1.807, 2.05) is 6.92 Å². The van der Waals surface area contributed by atoms with Gasteiger partial charge in [-0.15, -0.1) is 0 Å². The van der Waals surface area contributed by atoms with E-state index in [9.17, 15) is 5.11 Å². The highest BCUT2D eigenvalue weighted by atomic mass is 35.5. The smallest absolute Gasteiger partial charge is 0.138 e. The first-order valence-corrected chi connectivity index (χ1v) is 6.36. The summed E-state index contributed by atoms with van der Waals surface area (Å²) >= 11 is 6.05. The summed E-state index contributed by atoms with van der Waals surface area (Å²) in [6.45, 7) is 6.75. The number of anilines is 1. The maximum atomic E-state index is 9.47. The molecule has 1 aromatic rings. The van der Waals surface area contributed by atoms with Gasteiger partial charge in [-0.1, -0.05) is 32.4 Å². The lowest BCUT2D eigenvalue weighted by Crippen LogP contribution is -2.14. The third-order valence-electron chi connectivity index (χ3n) is 2.65. The Morgan fingerprint density at radius 3 is 2.71 bits per heavy atom. The third kappa shape index (κ3) is 4.13. The molecule has 1 atom stereocenters. The van der Waals surface area contributed by atoms with Crippen molar-refractivity contribution in [2.75, 3.05) is 11.9 Å². The number of aliphatic hydroxyl groups excluding tert-OH is 1. The van der Waals surface area contributed by atoms with Gasteiger partial charge in [0.2, 0.25) is 0 Å². The van der Waals surface area contributed by atoms with Gasteiger partial charge in [-0.25, -0.2) is 9.97 Å². The maximum absolute atomic E-state index is 9.47. The van der Waals surface area contributed by atoms with Crippen molar-refractivity contribution in [2.24, 2.45) is 0 Å². The first-order valence-electron chi connectivity index (χ1n) is 5.98. The molecule has 2 N–H and O–H groups in total. The standard InChI is InChI=1S/C12H20ClN3O/c1-4-9(17)5-6-14-12-10(8(2)3)11(13)15-7-16-12/h7-9,17H,4-6H2,1-3H3,(H,14,15,16). The van der Waals surface area contributed by atoms with Crippen molar-refractivity contribution in [3.05, 3.63) is 17.0 Å². The monoisotopic (exact) mass is 257 g/mol. The van der Waals surface area contributed by atoms with E-state index >= 15 is 0 Å². The van der Waals surface area contributed by atoms with Crippen LogP contribution in [0.4, 0.5) is 5.82 Å². The van der Waals surface area contributed by atoms with Crippen LogP contribution in [0.2, 0.25) is 5.15 Å². The Morgan fingerprint density at radius 2 is 2.12 bits per heavy atom. The van der Waals surface area contributed by atoms with E-state index in [-0.39, 0.29) is 12.0 Å². The number of nitrogens with one attached hydrogen (secondary N) is 1. The number of hydrogen-bond donors (Lipinski definition) is 2. The molecule has 0 amide bonds. The first-order chi connectivity index (χ1) is 8.06. The quantitative estimate of drug-likeness (QED) is 0.770. The minimum atomic E-state index is -0.262. The molecule has 0 fully saturated rings. The number of halogens is 1. The SMILES string of the molecule is CCC(O)CCNc1ncnc(Cl)c1C(C)C. The van der Waals surface area contributed by atoms with E-state index in [0.717, 1.165) is 17.8 Å². The molecule has 0 aromatic carbocycles. The zero-order valence-corrected chi connectivity index (χ0v) is 11.3. The van der Waals surface area contributed by atoms with Crippen molar-refractivity contribution in [1.82, 2.24) is 9.97 Å². The Bertz CT molecular complexity index is 358. The summed E-state index contributed by atoms with van der Waals surface area (Å²) in [7, 11) is 0. The van der Waals surface area contributed by atoms with Crippen LogP contribution in [0.5, 0.6) is 0 Å². The molecule has 0 aliphatic carbocycles.